The SMILES string of the molecule is COc1ccc(C(=O)Nn2c(C3COc4ccccc4O3)n[nH]c2=S)c(OC)c1. The lowest BCUT2D eigenvalue weighted by Crippen LogP contribution is -2.30. The Morgan fingerprint density at radius 2 is 2.03 bits per heavy atom. The molecular formula is C19H18N4O5S. The molecule has 4 rings (SSSR count). The van der Waals surface area contributed by atoms with E-state index in [2.05, 4.69) is 15.6 Å². The number of aromatic nitrogens is 3. The van der Waals surface area contributed by atoms with E-state index in [1.165, 1.54) is 18.9 Å². The summed E-state index contributed by atoms with van der Waals surface area (Å²) in [4.78, 5) is 12.9. The summed E-state index contributed by atoms with van der Waals surface area (Å²) >= 11 is 5.27. The van der Waals surface area contributed by atoms with E-state index in [1.807, 2.05) is 18.2 Å². The molecule has 2 N–H and O–H groups in total. The summed E-state index contributed by atoms with van der Waals surface area (Å²) in [5, 5.41) is 6.88. The van der Waals surface area contributed by atoms with Crippen LogP contribution in [-0.2, 0) is 0 Å². The van der Waals surface area contributed by atoms with Crippen molar-refractivity contribution in [2.75, 3.05) is 26.3 Å². The van der Waals surface area contributed by atoms with E-state index in [-0.39, 0.29) is 11.4 Å². The molecule has 2 aromatic carbocycles. The average molecular weight is 414 g/mol. The van der Waals surface area contributed by atoms with Crippen molar-refractivity contribution in [2.45, 2.75) is 6.10 Å². The van der Waals surface area contributed by atoms with Crippen molar-refractivity contribution in [3.8, 4) is 23.0 Å². The molecule has 150 valence electrons. The maximum absolute atomic E-state index is 12.9. The van der Waals surface area contributed by atoms with Crippen LogP contribution in [0.4, 0.5) is 0 Å². The fourth-order valence-electron chi connectivity index (χ4n) is 2.93. The number of para-hydroxylation sites is 2. The molecule has 0 bridgehead atoms. The highest BCUT2D eigenvalue weighted by molar-refractivity contribution is 7.71. The van der Waals surface area contributed by atoms with Gasteiger partial charge in [-0.15, -0.1) is 0 Å². The summed E-state index contributed by atoms with van der Waals surface area (Å²) in [6, 6.07) is 12.2. The van der Waals surface area contributed by atoms with Gasteiger partial charge in [0.2, 0.25) is 4.77 Å². The van der Waals surface area contributed by atoms with Gasteiger partial charge in [-0.1, -0.05) is 12.1 Å². The fourth-order valence-corrected chi connectivity index (χ4v) is 3.11. The third-order valence-corrected chi connectivity index (χ3v) is 4.64. The molecule has 1 amide bonds. The molecule has 3 aromatic rings. The minimum Gasteiger partial charge on any atom is -0.497 e. The molecule has 0 radical (unpaired) electrons. The van der Waals surface area contributed by atoms with Gasteiger partial charge in [-0.05, 0) is 36.5 Å². The number of amides is 1. The molecule has 1 aromatic heterocycles. The number of benzene rings is 2. The zero-order valence-corrected chi connectivity index (χ0v) is 16.5. The predicted octanol–water partition coefficient (Wildman–Crippen LogP) is 2.85. The highest BCUT2D eigenvalue weighted by Gasteiger charge is 2.28. The number of carbonyl (C=O) groups excluding carboxylic acids is 1. The van der Waals surface area contributed by atoms with Gasteiger partial charge in [0.15, 0.2) is 23.4 Å². The molecule has 0 saturated heterocycles. The lowest BCUT2D eigenvalue weighted by molar-refractivity contribution is 0.0820. The second-order valence-electron chi connectivity index (χ2n) is 6.09. The van der Waals surface area contributed by atoms with Crippen LogP contribution in [0.5, 0.6) is 23.0 Å². The van der Waals surface area contributed by atoms with Gasteiger partial charge in [0.05, 0.1) is 19.8 Å². The van der Waals surface area contributed by atoms with Crippen LogP contribution in [0.15, 0.2) is 42.5 Å². The third kappa shape index (κ3) is 3.61. The Morgan fingerprint density at radius 3 is 2.79 bits per heavy atom. The first kappa shape index (κ1) is 18.8. The lowest BCUT2D eigenvalue weighted by atomic mass is 10.2. The Labute approximate surface area is 171 Å². The Hall–Kier alpha value is -3.53. The van der Waals surface area contributed by atoms with Gasteiger partial charge in [0.25, 0.3) is 5.91 Å². The van der Waals surface area contributed by atoms with Crippen molar-refractivity contribution in [1.29, 1.82) is 0 Å². The molecule has 0 spiro atoms. The number of nitrogens with one attached hydrogen (secondary N) is 2. The van der Waals surface area contributed by atoms with Crippen LogP contribution < -0.4 is 24.4 Å². The first-order valence-electron chi connectivity index (χ1n) is 8.70. The number of H-pyrrole nitrogens is 1. The maximum Gasteiger partial charge on any atom is 0.273 e. The Kier molecular flexibility index (Phi) is 5.09. The number of hydrogen-bond acceptors (Lipinski definition) is 7. The van der Waals surface area contributed by atoms with Gasteiger partial charge < -0.3 is 18.9 Å². The van der Waals surface area contributed by atoms with E-state index in [0.29, 0.717) is 34.4 Å². The number of nitrogens with zero attached hydrogens (tertiary/aromatic N) is 2. The van der Waals surface area contributed by atoms with Crippen LogP contribution >= 0.6 is 12.2 Å². The number of fused-ring (bicyclic) bond motifs is 1. The summed E-state index contributed by atoms with van der Waals surface area (Å²) in [6.45, 7) is 0.221. The van der Waals surface area contributed by atoms with Crippen molar-refractivity contribution in [3.63, 3.8) is 0 Å². The number of ether oxygens (including phenoxy) is 4. The largest absolute Gasteiger partial charge is 0.497 e. The van der Waals surface area contributed by atoms with E-state index in [9.17, 15) is 4.79 Å². The summed E-state index contributed by atoms with van der Waals surface area (Å²) in [5.74, 6) is 2.13. The third-order valence-electron chi connectivity index (χ3n) is 4.36. The summed E-state index contributed by atoms with van der Waals surface area (Å²) in [5.41, 5.74) is 3.05. The maximum atomic E-state index is 12.9. The monoisotopic (exact) mass is 414 g/mol. The normalized spacial score (nSPS) is 14.9. The first-order chi connectivity index (χ1) is 14.1. The highest BCUT2D eigenvalue weighted by atomic mass is 32.1. The number of hydrogen-bond donors (Lipinski definition) is 2. The van der Waals surface area contributed by atoms with E-state index in [0.717, 1.165) is 0 Å². The fraction of sp³-hybridized carbons (Fsp3) is 0.211. The number of methoxy groups -OCH3 is 2. The standard InChI is InChI=1S/C19H18N4O5S/c1-25-11-7-8-12(15(9-11)26-2)18(24)22-23-17(20-21-19(23)29)16-10-27-13-5-3-4-6-14(13)28-16/h3-9,16H,10H2,1-2H3,(H,21,29)(H,22,24). The molecule has 1 aliphatic rings. The summed E-state index contributed by atoms with van der Waals surface area (Å²) < 4.78 is 23.7. The van der Waals surface area contributed by atoms with Crippen LogP contribution in [0.3, 0.4) is 0 Å². The molecule has 1 atom stereocenters. The lowest BCUT2D eigenvalue weighted by Gasteiger charge is -2.26. The molecule has 0 fully saturated rings. The minimum atomic E-state index is -0.559. The van der Waals surface area contributed by atoms with Gasteiger partial charge in [0, 0.05) is 6.07 Å². The van der Waals surface area contributed by atoms with Gasteiger partial charge in [-0.25, -0.2) is 4.68 Å². The first-order valence-corrected chi connectivity index (χ1v) is 9.10. The van der Waals surface area contributed by atoms with E-state index in [4.69, 9.17) is 31.2 Å². The Balaban J connectivity index is 1.60. The predicted molar refractivity (Wildman–Crippen MR) is 106 cm³/mol. The van der Waals surface area contributed by atoms with Gasteiger partial charge in [0.1, 0.15) is 18.1 Å². The molecule has 29 heavy (non-hydrogen) atoms. The zero-order valence-electron chi connectivity index (χ0n) is 15.7. The topological polar surface area (TPSA) is 99.6 Å². The number of aromatic amines is 1. The summed E-state index contributed by atoms with van der Waals surface area (Å²) in [6.07, 6.45) is -0.559. The van der Waals surface area contributed by atoms with Crippen LogP contribution in [-0.4, -0.2) is 41.6 Å². The van der Waals surface area contributed by atoms with Gasteiger partial charge >= 0.3 is 0 Å². The van der Waals surface area contributed by atoms with E-state index < -0.39 is 12.0 Å². The van der Waals surface area contributed by atoms with Crippen LogP contribution in [0.25, 0.3) is 0 Å². The van der Waals surface area contributed by atoms with Gasteiger partial charge in [-0.2, -0.15) is 5.10 Å². The number of rotatable bonds is 5. The molecule has 9 nitrogen and oxygen atoms in total. The molecule has 0 saturated carbocycles. The highest BCUT2D eigenvalue weighted by Crippen LogP contribution is 2.35. The van der Waals surface area contributed by atoms with Crippen molar-refractivity contribution in [1.82, 2.24) is 14.9 Å². The van der Waals surface area contributed by atoms with Crippen LogP contribution in [0, 0.1) is 4.77 Å². The van der Waals surface area contributed by atoms with Crippen molar-refractivity contribution in [3.05, 3.63) is 58.6 Å². The number of carbonyl (C=O) groups is 1. The zero-order chi connectivity index (χ0) is 20.4. The van der Waals surface area contributed by atoms with Crippen LogP contribution in [0.2, 0.25) is 0 Å². The van der Waals surface area contributed by atoms with Crippen molar-refractivity contribution in [2.24, 2.45) is 0 Å². The molecule has 0 aliphatic carbocycles. The second kappa shape index (κ2) is 7.84. The Bertz CT molecular complexity index is 1110. The minimum absolute atomic E-state index is 0.211. The van der Waals surface area contributed by atoms with Crippen molar-refractivity contribution < 1.29 is 23.7 Å². The summed E-state index contributed by atoms with van der Waals surface area (Å²) in [7, 11) is 3.02. The molecule has 10 heteroatoms. The van der Waals surface area contributed by atoms with Crippen LogP contribution in [0.1, 0.15) is 22.3 Å². The molecule has 1 aliphatic heterocycles. The van der Waals surface area contributed by atoms with Crippen molar-refractivity contribution >= 4 is 18.1 Å². The van der Waals surface area contributed by atoms with E-state index in [1.54, 1.807) is 24.3 Å². The van der Waals surface area contributed by atoms with Gasteiger partial charge in [-0.3, -0.25) is 15.3 Å². The Morgan fingerprint density at radius 1 is 1.24 bits per heavy atom. The smallest absolute Gasteiger partial charge is 0.273 e. The molecule has 2 heterocycles. The molecule has 1 unspecified atom stereocenters. The molecular weight excluding hydrogens is 396 g/mol. The second-order valence-corrected chi connectivity index (χ2v) is 6.48. The quantitative estimate of drug-likeness (QED) is 0.619. The average Bonchev–Trinajstić information content (AvgIpc) is 3.12. The van der Waals surface area contributed by atoms with E-state index >= 15 is 0 Å².